The van der Waals surface area contributed by atoms with Gasteiger partial charge in [-0.3, -0.25) is 0 Å². The third-order valence-electron chi connectivity index (χ3n) is 3.48. The average Bonchev–Trinajstić information content (AvgIpc) is 2.65. The van der Waals surface area contributed by atoms with Crippen molar-refractivity contribution in [1.29, 1.82) is 0 Å². The molecule has 1 aromatic rings. The molecule has 0 saturated carbocycles. The van der Waals surface area contributed by atoms with Crippen LogP contribution in [0.4, 0.5) is 0 Å². The topological polar surface area (TPSA) is 21.3 Å². The van der Waals surface area contributed by atoms with E-state index in [-0.39, 0.29) is 12.1 Å². The monoisotopic (exact) mass is 253 g/mol. The number of benzene rings is 1. The SMILES string of the molecule is CCNC1c2c(cc(C)c(Cl)c2C)OC1CC. The fourth-order valence-corrected chi connectivity index (χ4v) is 2.77. The first-order chi connectivity index (χ1) is 8.10. The fourth-order valence-electron chi connectivity index (χ4n) is 2.61. The van der Waals surface area contributed by atoms with Crippen LogP contribution < -0.4 is 10.1 Å². The van der Waals surface area contributed by atoms with Crippen LogP contribution in [0.1, 0.15) is 43.0 Å². The van der Waals surface area contributed by atoms with E-state index < -0.39 is 0 Å². The quantitative estimate of drug-likeness (QED) is 0.885. The minimum atomic E-state index is 0.224. The molecule has 1 N–H and O–H groups in total. The fraction of sp³-hybridized carbons (Fsp3) is 0.571. The van der Waals surface area contributed by atoms with E-state index in [0.29, 0.717) is 0 Å². The predicted octanol–water partition coefficient (Wildman–Crippen LogP) is 3.78. The van der Waals surface area contributed by atoms with Crippen LogP contribution in [0.2, 0.25) is 5.02 Å². The summed E-state index contributed by atoms with van der Waals surface area (Å²) in [5.41, 5.74) is 3.49. The molecule has 2 atom stereocenters. The van der Waals surface area contributed by atoms with Gasteiger partial charge in [-0.25, -0.2) is 0 Å². The first-order valence-electron chi connectivity index (χ1n) is 6.29. The van der Waals surface area contributed by atoms with E-state index in [9.17, 15) is 0 Å². The molecule has 94 valence electrons. The van der Waals surface area contributed by atoms with E-state index in [0.717, 1.165) is 34.9 Å². The Morgan fingerprint density at radius 3 is 2.65 bits per heavy atom. The number of ether oxygens (including phenoxy) is 1. The number of aryl methyl sites for hydroxylation is 1. The maximum atomic E-state index is 6.33. The number of hydrogen-bond acceptors (Lipinski definition) is 2. The molecule has 1 aliphatic rings. The second-order valence-electron chi connectivity index (χ2n) is 4.64. The molecule has 0 aliphatic carbocycles. The van der Waals surface area contributed by atoms with Gasteiger partial charge in [0, 0.05) is 10.6 Å². The van der Waals surface area contributed by atoms with Crippen molar-refractivity contribution in [3.05, 3.63) is 27.8 Å². The Hall–Kier alpha value is -0.730. The van der Waals surface area contributed by atoms with E-state index in [1.807, 2.05) is 6.92 Å². The molecule has 2 rings (SSSR count). The van der Waals surface area contributed by atoms with Gasteiger partial charge in [-0.2, -0.15) is 0 Å². The average molecular weight is 254 g/mol. The third-order valence-corrected chi connectivity index (χ3v) is 4.06. The van der Waals surface area contributed by atoms with Crippen LogP contribution in [-0.4, -0.2) is 12.6 Å². The molecule has 0 amide bonds. The zero-order chi connectivity index (χ0) is 12.6. The smallest absolute Gasteiger partial charge is 0.125 e. The van der Waals surface area contributed by atoms with Gasteiger partial charge in [0.2, 0.25) is 0 Å². The second-order valence-corrected chi connectivity index (χ2v) is 5.02. The molecule has 0 radical (unpaired) electrons. The minimum absolute atomic E-state index is 0.224. The molecule has 2 unspecified atom stereocenters. The molecule has 0 saturated heterocycles. The summed E-state index contributed by atoms with van der Waals surface area (Å²) in [7, 11) is 0. The lowest BCUT2D eigenvalue weighted by atomic mass is 9.96. The van der Waals surface area contributed by atoms with E-state index in [1.165, 1.54) is 5.56 Å². The van der Waals surface area contributed by atoms with Crippen molar-refractivity contribution in [1.82, 2.24) is 5.32 Å². The Balaban J connectivity index is 2.50. The number of likely N-dealkylation sites (N-methyl/N-ethyl adjacent to an activating group) is 1. The normalized spacial score (nSPS) is 22.4. The molecular weight excluding hydrogens is 234 g/mol. The Morgan fingerprint density at radius 1 is 1.35 bits per heavy atom. The standard InChI is InChI=1S/C14H20ClNO/c1-5-10-14(16-6-2)12-9(4)13(15)8(3)7-11(12)17-10/h7,10,14,16H,5-6H2,1-4H3. The van der Waals surface area contributed by atoms with Crippen molar-refractivity contribution in [2.75, 3.05) is 6.54 Å². The van der Waals surface area contributed by atoms with Gasteiger partial charge in [-0.15, -0.1) is 0 Å². The van der Waals surface area contributed by atoms with Crippen LogP contribution in [0.5, 0.6) is 5.75 Å². The zero-order valence-corrected chi connectivity index (χ0v) is 11.7. The van der Waals surface area contributed by atoms with Gasteiger partial charge in [-0.05, 0) is 44.0 Å². The molecule has 0 bridgehead atoms. The highest BCUT2D eigenvalue weighted by atomic mass is 35.5. The van der Waals surface area contributed by atoms with Crippen molar-refractivity contribution in [2.45, 2.75) is 46.3 Å². The van der Waals surface area contributed by atoms with Crippen molar-refractivity contribution in [2.24, 2.45) is 0 Å². The van der Waals surface area contributed by atoms with Crippen LogP contribution in [0.3, 0.4) is 0 Å². The van der Waals surface area contributed by atoms with Gasteiger partial charge >= 0.3 is 0 Å². The van der Waals surface area contributed by atoms with Crippen LogP contribution in [0.25, 0.3) is 0 Å². The van der Waals surface area contributed by atoms with Crippen LogP contribution in [0, 0.1) is 13.8 Å². The molecule has 0 fully saturated rings. The number of hydrogen-bond donors (Lipinski definition) is 1. The van der Waals surface area contributed by atoms with Gasteiger partial charge in [-0.1, -0.05) is 25.4 Å². The molecule has 1 heterocycles. The van der Waals surface area contributed by atoms with Gasteiger partial charge < -0.3 is 10.1 Å². The zero-order valence-electron chi connectivity index (χ0n) is 10.9. The number of fused-ring (bicyclic) bond motifs is 1. The summed E-state index contributed by atoms with van der Waals surface area (Å²) in [6.07, 6.45) is 1.23. The molecule has 17 heavy (non-hydrogen) atoms. The highest BCUT2D eigenvalue weighted by molar-refractivity contribution is 6.32. The van der Waals surface area contributed by atoms with E-state index in [1.54, 1.807) is 0 Å². The summed E-state index contributed by atoms with van der Waals surface area (Å²) in [6, 6.07) is 2.34. The molecule has 0 aromatic heterocycles. The highest BCUT2D eigenvalue weighted by Gasteiger charge is 2.34. The first kappa shape index (κ1) is 12.7. The van der Waals surface area contributed by atoms with Crippen molar-refractivity contribution in [3.8, 4) is 5.75 Å². The third kappa shape index (κ3) is 2.04. The second kappa shape index (κ2) is 4.87. The lowest BCUT2D eigenvalue weighted by molar-refractivity contribution is 0.186. The Labute approximate surface area is 108 Å². The summed E-state index contributed by atoms with van der Waals surface area (Å²) in [5.74, 6) is 1.00. The van der Waals surface area contributed by atoms with Crippen LogP contribution >= 0.6 is 11.6 Å². The van der Waals surface area contributed by atoms with Gasteiger partial charge in [0.1, 0.15) is 11.9 Å². The Kier molecular flexibility index (Phi) is 3.64. The number of rotatable bonds is 3. The number of nitrogens with one attached hydrogen (secondary N) is 1. The first-order valence-corrected chi connectivity index (χ1v) is 6.67. The van der Waals surface area contributed by atoms with Gasteiger partial charge in [0.05, 0.1) is 6.04 Å². The van der Waals surface area contributed by atoms with Gasteiger partial charge in [0.25, 0.3) is 0 Å². The van der Waals surface area contributed by atoms with Crippen LogP contribution in [-0.2, 0) is 0 Å². The lowest BCUT2D eigenvalue weighted by Gasteiger charge is -2.19. The predicted molar refractivity (Wildman–Crippen MR) is 72.1 cm³/mol. The van der Waals surface area contributed by atoms with Crippen LogP contribution in [0.15, 0.2) is 6.07 Å². The lowest BCUT2D eigenvalue weighted by Crippen LogP contribution is -2.30. The van der Waals surface area contributed by atoms with Crippen molar-refractivity contribution < 1.29 is 4.74 Å². The molecule has 0 spiro atoms. The summed E-state index contributed by atoms with van der Waals surface area (Å²) >= 11 is 6.33. The summed E-state index contributed by atoms with van der Waals surface area (Å²) < 4.78 is 6.02. The molecule has 1 aromatic carbocycles. The maximum absolute atomic E-state index is 6.33. The van der Waals surface area contributed by atoms with E-state index in [4.69, 9.17) is 16.3 Å². The molecule has 1 aliphatic heterocycles. The minimum Gasteiger partial charge on any atom is -0.488 e. The Bertz CT molecular complexity index is 431. The highest BCUT2D eigenvalue weighted by Crippen LogP contribution is 2.43. The maximum Gasteiger partial charge on any atom is 0.125 e. The van der Waals surface area contributed by atoms with E-state index >= 15 is 0 Å². The Morgan fingerprint density at radius 2 is 2.06 bits per heavy atom. The molecular formula is C14H20ClNO. The largest absolute Gasteiger partial charge is 0.488 e. The van der Waals surface area contributed by atoms with Crippen molar-refractivity contribution in [3.63, 3.8) is 0 Å². The van der Waals surface area contributed by atoms with Crippen molar-refractivity contribution >= 4 is 11.6 Å². The van der Waals surface area contributed by atoms with Gasteiger partial charge in [0.15, 0.2) is 0 Å². The molecule has 3 heteroatoms. The summed E-state index contributed by atoms with van der Waals surface area (Å²) in [4.78, 5) is 0. The van der Waals surface area contributed by atoms with E-state index in [2.05, 4.69) is 32.2 Å². The summed E-state index contributed by atoms with van der Waals surface area (Å²) in [5, 5.41) is 4.37. The summed E-state index contributed by atoms with van der Waals surface area (Å²) in [6.45, 7) is 9.33. The number of halogens is 1. The molecule has 2 nitrogen and oxygen atoms in total.